The van der Waals surface area contributed by atoms with Crippen LogP contribution in [0.2, 0.25) is 0 Å². The van der Waals surface area contributed by atoms with Gasteiger partial charge in [-0.25, -0.2) is 4.98 Å². The van der Waals surface area contributed by atoms with Gasteiger partial charge in [0.15, 0.2) is 0 Å². The average Bonchev–Trinajstić information content (AvgIpc) is 3.61. The van der Waals surface area contributed by atoms with Crippen LogP contribution in [-0.4, -0.2) is 63.1 Å². The average molecular weight is 468 g/mol. The van der Waals surface area contributed by atoms with Crippen LogP contribution in [0, 0.1) is 0 Å². The predicted molar refractivity (Wildman–Crippen MR) is 137 cm³/mol. The van der Waals surface area contributed by atoms with Gasteiger partial charge in [0.1, 0.15) is 5.82 Å². The lowest BCUT2D eigenvalue weighted by atomic mass is 10.0. The Hall–Kier alpha value is -3.49. The van der Waals surface area contributed by atoms with Crippen LogP contribution in [0.15, 0.2) is 48.8 Å². The minimum absolute atomic E-state index is 0.918. The number of fused-ring (bicyclic) bond motifs is 4. The zero-order valence-electron chi connectivity index (χ0n) is 19.2. The molecule has 1 fully saturated rings. The topological polar surface area (TPSA) is 65.9 Å². The van der Waals surface area contributed by atoms with Crippen molar-refractivity contribution in [2.24, 2.45) is 7.05 Å². The Morgan fingerprint density at radius 2 is 1.85 bits per heavy atom. The number of piperazine rings is 1. The fraction of sp³-hybridized carbons (Fsp3) is 0.269. The zero-order chi connectivity index (χ0) is 22.8. The second kappa shape index (κ2) is 7.51. The molecule has 4 aromatic heterocycles. The Morgan fingerprint density at radius 3 is 2.74 bits per heavy atom. The van der Waals surface area contributed by atoms with Gasteiger partial charge in [-0.3, -0.25) is 9.78 Å². The number of aromatic nitrogens is 5. The smallest absolute Gasteiger partial charge is 0.129 e. The van der Waals surface area contributed by atoms with Crippen LogP contribution in [0.4, 0.5) is 5.82 Å². The monoisotopic (exact) mass is 467 g/mol. The van der Waals surface area contributed by atoms with Crippen LogP contribution in [-0.2, 0) is 13.5 Å². The molecule has 0 bridgehead atoms. The van der Waals surface area contributed by atoms with E-state index in [9.17, 15) is 0 Å². The predicted octanol–water partition coefficient (Wildman–Crippen LogP) is 4.41. The molecule has 5 aromatic rings. The highest BCUT2D eigenvalue weighted by Gasteiger charge is 2.28. The third-order valence-electron chi connectivity index (χ3n) is 7.16. The molecule has 7 rings (SSSR count). The van der Waals surface area contributed by atoms with Gasteiger partial charge in [-0.05, 0) is 36.9 Å². The second-order valence-corrected chi connectivity index (χ2v) is 10.4. The number of rotatable bonds is 3. The van der Waals surface area contributed by atoms with Crippen molar-refractivity contribution in [2.75, 3.05) is 38.1 Å². The Kier molecular flexibility index (Phi) is 4.40. The molecule has 5 heterocycles. The van der Waals surface area contributed by atoms with E-state index in [1.165, 1.54) is 26.4 Å². The van der Waals surface area contributed by atoms with Crippen molar-refractivity contribution in [1.82, 2.24) is 29.9 Å². The maximum absolute atomic E-state index is 4.72. The van der Waals surface area contributed by atoms with Gasteiger partial charge >= 0.3 is 0 Å². The largest absolute Gasteiger partial charge is 0.354 e. The minimum Gasteiger partial charge on any atom is -0.354 e. The number of aryl methyl sites for hydroxylation is 1. The summed E-state index contributed by atoms with van der Waals surface area (Å²) in [6.07, 6.45) is 4.77. The summed E-state index contributed by atoms with van der Waals surface area (Å²) in [5.41, 5.74) is 8.28. The Labute approximate surface area is 201 Å². The molecule has 0 saturated carbocycles. The van der Waals surface area contributed by atoms with Gasteiger partial charge in [0.25, 0.3) is 0 Å². The molecule has 1 saturated heterocycles. The maximum atomic E-state index is 4.72. The lowest BCUT2D eigenvalue weighted by molar-refractivity contribution is 0.312. The number of nitrogens with zero attached hydrogens (tertiary/aromatic N) is 6. The summed E-state index contributed by atoms with van der Waals surface area (Å²) < 4.78 is 1.92. The highest BCUT2D eigenvalue weighted by Crippen LogP contribution is 2.46. The van der Waals surface area contributed by atoms with Gasteiger partial charge in [-0.1, -0.05) is 12.1 Å². The van der Waals surface area contributed by atoms with E-state index in [0.717, 1.165) is 66.3 Å². The summed E-state index contributed by atoms with van der Waals surface area (Å²) in [6, 6.07) is 13.2. The summed E-state index contributed by atoms with van der Waals surface area (Å²) in [5.74, 6) is 1.08. The molecule has 1 aromatic carbocycles. The fourth-order valence-corrected chi connectivity index (χ4v) is 6.32. The van der Waals surface area contributed by atoms with Gasteiger partial charge in [0.2, 0.25) is 0 Å². The van der Waals surface area contributed by atoms with Crippen LogP contribution in [0.25, 0.3) is 43.9 Å². The molecule has 170 valence electrons. The minimum atomic E-state index is 0.918. The molecule has 0 atom stereocenters. The molecule has 0 unspecified atom stereocenters. The zero-order valence-corrected chi connectivity index (χ0v) is 20.1. The van der Waals surface area contributed by atoms with Crippen molar-refractivity contribution in [2.45, 2.75) is 6.42 Å². The standard InChI is InChI=1S/C26H25N7S/c1-31-7-9-33(10-8-31)24-12-16(5-6-27-24)22-13-19-23(34-22)14-20-25(29-30-26(19)20)17-3-4-18-15-28-32(2)21(18)11-17/h3-6,11-13,15H,7-10,14H2,1-2H3,(H,29,30). The normalized spacial score (nSPS) is 15.8. The SMILES string of the molecule is CN1CCN(c2cc(-c3cc4c(s3)Cc3c(-c5ccc6cnn(C)c6c5)n[nH]c3-4)ccn2)CC1. The third-order valence-corrected chi connectivity index (χ3v) is 8.35. The van der Waals surface area contributed by atoms with Crippen LogP contribution in [0.3, 0.4) is 0 Å². The molecule has 1 aliphatic carbocycles. The highest BCUT2D eigenvalue weighted by molar-refractivity contribution is 7.16. The van der Waals surface area contributed by atoms with Crippen LogP contribution >= 0.6 is 11.3 Å². The van der Waals surface area contributed by atoms with Crippen LogP contribution in [0.5, 0.6) is 0 Å². The number of aromatic amines is 1. The number of hydrogen-bond acceptors (Lipinski definition) is 6. The third kappa shape index (κ3) is 3.09. The summed E-state index contributed by atoms with van der Waals surface area (Å²) in [7, 11) is 4.16. The summed E-state index contributed by atoms with van der Waals surface area (Å²) in [5, 5.41) is 13.6. The molecular weight excluding hydrogens is 442 g/mol. The number of thiophene rings is 1. The van der Waals surface area contributed by atoms with Gasteiger partial charge in [-0.2, -0.15) is 10.2 Å². The van der Waals surface area contributed by atoms with E-state index in [-0.39, 0.29) is 0 Å². The number of likely N-dealkylation sites (N-methyl/N-ethyl adjacent to an activating group) is 1. The van der Waals surface area contributed by atoms with Crippen LogP contribution < -0.4 is 4.90 Å². The molecular formula is C26H25N7S. The number of H-pyrrole nitrogens is 1. The lowest BCUT2D eigenvalue weighted by Crippen LogP contribution is -2.44. The van der Waals surface area contributed by atoms with Gasteiger partial charge in [0.05, 0.1) is 23.1 Å². The molecule has 0 radical (unpaired) electrons. The molecule has 8 heteroatoms. The first-order chi connectivity index (χ1) is 16.6. The van der Waals surface area contributed by atoms with E-state index < -0.39 is 0 Å². The molecule has 1 N–H and O–H groups in total. The van der Waals surface area contributed by atoms with Gasteiger partial charge in [0, 0.05) is 77.7 Å². The van der Waals surface area contributed by atoms with E-state index in [4.69, 9.17) is 5.10 Å². The number of benzene rings is 1. The molecule has 2 aliphatic rings. The first-order valence-corrected chi connectivity index (χ1v) is 12.5. The number of hydrogen-bond donors (Lipinski definition) is 1. The van der Waals surface area contributed by atoms with E-state index in [1.807, 2.05) is 35.5 Å². The summed E-state index contributed by atoms with van der Waals surface area (Å²) in [6.45, 7) is 4.22. The van der Waals surface area contributed by atoms with E-state index in [2.05, 4.69) is 68.4 Å². The number of pyridine rings is 1. The lowest BCUT2D eigenvalue weighted by Gasteiger charge is -2.33. The number of anilines is 1. The van der Waals surface area contributed by atoms with Crippen molar-refractivity contribution in [1.29, 1.82) is 0 Å². The molecule has 0 amide bonds. The number of nitrogens with one attached hydrogen (secondary N) is 1. The van der Waals surface area contributed by atoms with Crippen molar-refractivity contribution in [3.63, 3.8) is 0 Å². The van der Waals surface area contributed by atoms with Gasteiger partial charge < -0.3 is 9.80 Å². The van der Waals surface area contributed by atoms with Gasteiger partial charge in [-0.15, -0.1) is 11.3 Å². The maximum Gasteiger partial charge on any atom is 0.129 e. The van der Waals surface area contributed by atoms with E-state index in [0.29, 0.717) is 0 Å². The van der Waals surface area contributed by atoms with Crippen molar-refractivity contribution in [3.05, 3.63) is 59.2 Å². The van der Waals surface area contributed by atoms with E-state index >= 15 is 0 Å². The molecule has 34 heavy (non-hydrogen) atoms. The highest BCUT2D eigenvalue weighted by atomic mass is 32.1. The van der Waals surface area contributed by atoms with Crippen molar-refractivity contribution in [3.8, 4) is 33.0 Å². The Bertz CT molecular complexity index is 1530. The van der Waals surface area contributed by atoms with Crippen molar-refractivity contribution < 1.29 is 0 Å². The fourth-order valence-electron chi connectivity index (χ4n) is 5.14. The summed E-state index contributed by atoms with van der Waals surface area (Å²) in [4.78, 5) is 12.1. The first kappa shape index (κ1) is 19.9. The summed E-state index contributed by atoms with van der Waals surface area (Å²) >= 11 is 1.89. The van der Waals surface area contributed by atoms with Crippen LogP contribution in [0.1, 0.15) is 10.4 Å². The quantitative estimate of drug-likeness (QED) is 0.418. The Morgan fingerprint density at radius 1 is 0.971 bits per heavy atom. The van der Waals surface area contributed by atoms with Crippen molar-refractivity contribution >= 4 is 28.1 Å². The molecule has 0 spiro atoms. The van der Waals surface area contributed by atoms with E-state index in [1.54, 1.807) is 0 Å². The molecule has 1 aliphatic heterocycles. The second-order valence-electron chi connectivity index (χ2n) is 9.28. The molecule has 7 nitrogen and oxygen atoms in total. The Balaban J connectivity index is 1.21. The first-order valence-electron chi connectivity index (χ1n) is 11.7.